The summed E-state index contributed by atoms with van der Waals surface area (Å²) in [7, 11) is 0. The van der Waals surface area contributed by atoms with E-state index in [1.165, 1.54) is 47.4 Å². The van der Waals surface area contributed by atoms with Crippen molar-refractivity contribution in [2.24, 2.45) is 11.1 Å². The number of nitrogens with two attached hydrogens (primary N) is 1. The maximum Gasteiger partial charge on any atom is 0.0359 e. The highest BCUT2D eigenvalue weighted by Crippen LogP contribution is 2.52. The Hall–Kier alpha value is -0.380. The lowest BCUT2D eigenvalue weighted by Crippen LogP contribution is -2.45. The molecule has 1 aliphatic carbocycles. The van der Waals surface area contributed by atoms with Crippen LogP contribution in [0.5, 0.6) is 0 Å². The summed E-state index contributed by atoms with van der Waals surface area (Å²) in [5, 5.41) is 0. The number of hydrogen-bond donors (Lipinski definition) is 1. The van der Waals surface area contributed by atoms with Crippen molar-refractivity contribution in [2.45, 2.75) is 39.2 Å². The molecule has 0 aromatic heterocycles. The SMILES string of the molecule is C[C](C)CN1CCC2(CC1)Cc1c(Br)cccc1C2N. The molecule has 1 heterocycles. The zero-order chi connectivity index (χ0) is 14.3. The number of nitrogens with zero attached hydrogens (tertiary/aromatic N) is 1. The van der Waals surface area contributed by atoms with E-state index in [9.17, 15) is 0 Å². The molecule has 1 aliphatic heterocycles. The van der Waals surface area contributed by atoms with Gasteiger partial charge in [0.25, 0.3) is 0 Å². The third kappa shape index (κ3) is 2.44. The molecule has 0 amide bonds. The Kier molecular flexibility index (Phi) is 3.95. The van der Waals surface area contributed by atoms with Gasteiger partial charge in [0.05, 0.1) is 0 Å². The van der Waals surface area contributed by atoms with Crippen LogP contribution in [0.2, 0.25) is 0 Å². The first-order valence-electron chi connectivity index (χ1n) is 7.56. The second kappa shape index (κ2) is 5.43. The number of halogens is 1. The highest BCUT2D eigenvalue weighted by atomic mass is 79.9. The molecule has 1 atom stereocenters. The van der Waals surface area contributed by atoms with Gasteiger partial charge in [-0.1, -0.05) is 41.9 Å². The smallest absolute Gasteiger partial charge is 0.0359 e. The predicted molar refractivity (Wildman–Crippen MR) is 87.5 cm³/mol. The average Bonchev–Trinajstić information content (AvgIpc) is 2.68. The number of fused-ring (bicyclic) bond motifs is 1. The summed E-state index contributed by atoms with van der Waals surface area (Å²) in [6.07, 6.45) is 3.60. The molecule has 1 aromatic carbocycles. The van der Waals surface area contributed by atoms with Gasteiger partial charge >= 0.3 is 0 Å². The van der Waals surface area contributed by atoms with Crippen LogP contribution in [0, 0.1) is 11.3 Å². The van der Waals surface area contributed by atoms with Gasteiger partial charge in [-0.3, -0.25) is 0 Å². The fraction of sp³-hybridized carbons (Fsp3) is 0.588. The molecule has 2 aliphatic rings. The van der Waals surface area contributed by atoms with E-state index in [-0.39, 0.29) is 6.04 Å². The van der Waals surface area contributed by atoms with Crippen molar-refractivity contribution in [2.75, 3.05) is 19.6 Å². The van der Waals surface area contributed by atoms with Gasteiger partial charge in [0.2, 0.25) is 0 Å². The van der Waals surface area contributed by atoms with E-state index >= 15 is 0 Å². The Morgan fingerprint density at radius 1 is 1.35 bits per heavy atom. The summed E-state index contributed by atoms with van der Waals surface area (Å²) in [6, 6.07) is 6.70. The first kappa shape index (κ1) is 14.6. The summed E-state index contributed by atoms with van der Waals surface area (Å²) >= 11 is 3.70. The lowest BCUT2D eigenvalue weighted by Gasteiger charge is -2.42. The van der Waals surface area contributed by atoms with Crippen molar-refractivity contribution in [3.63, 3.8) is 0 Å². The Bertz CT molecular complexity index is 490. The maximum absolute atomic E-state index is 6.63. The largest absolute Gasteiger partial charge is 0.323 e. The van der Waals surface area contributed by atoms with Crippen molar-refractivity contribution in [1.29, 1.82) is 0 Å². The van der Waals surface area contributed by atoms with E-state index in [1.54, 1.807) is 0 Å². The van der Waals surface area contributed by atoms with Crippen molar-refractivity contribution >= 4 is 15.9 Å². The summed E-state index contributed by atoms with van der Waals surface area (Å²) in [4.78, 5) is 2.57. The molecular formula is C17H24BrN2. The standard InChI is InChI=1S/C17H24BrN2/c1-12(2)11-20-8-6-17(7-9-20)10-14-13(16(17)19)4-3-5-15(14)18/h3-5,16H,6-11,19H2,1-2H3. The molecule has 3 rings (SSSR count). The van der Waals surface area contributed by atoms with Gasteiger partial charge in [0.1, 0.15) is 0 Å². The molecule has 20 heavy (non-hydrogen) atoms. The molecule has 109 valence electrons. The van der Waals surface area contributed by atoms with Crippen LogP contribution in [-0.4, -0.2) is 24.5 Å². The number of piperidine rings is 1. The second-order valence-electron chi connectivity index (χ2n) is 6.81. The van der Waals surface area contributed by atoms with Gasteiger partial charge in [-0.25, -0.2) is 0 Å². The third-order valence-corrected chi connectivity index (χ3v) is 5.81. The molecule has 1 spiro atoms. The van der Waals surface area contributed by atoms with Crippen molar-refractivity contribution < 1.29 is 0 Å². The number of hydrogen-bond acceptors (Lipinski definition) is 2. The lowest BCUT2D eigenvalue weighted by molar-refractivity contribution is 0.0923. The molecule has 2 nitrogen and oxygen atoms in total. The normalized spacial score (nSPS) is 25.4. The van der Waals surface area contributed by atoms with Gasteiger partial charge in [0.15, 0.2) is 0 Å². The minimum atomic E-state index is 0.212. The van der Waals surface area contributed by atoms with Crippen LogP contribution in [0.4, 0.5) is 0 Å². The van der Waals surface area contributed by atoms with Gasteiger partial charge in [-0.05, 0) is 60.9 Å². The minimum Gasteiger partial charge on any atom is -0.323 e. The Balaban J connectivity index is 1.76. The fourth-order valence-corrected chi connectivity index (χ4v) is 4.46. The Morgan fingerprint density at radius 2 is 2.05 bits per heavy atom. The molecule has 3 heteroatoms. The lowest BCUT2D eigenvalue weighted by atomic mass is 9.73. The first-order valence-corrected chi connectivity index (χ1v) is 8.35. The fourth-order valence-electron chi connectivity index (χ4n) is 3.94. The maximum atomic E-state index is 6.63. The van der Waals surface area contributed by atoms with Crippen molar-refractivity contribution in [1.82, 2.24) is 4.90 Å². The molecule has 1 unspecified atom stereocenters. The monoisotopic (exact) mass is 335 g/mol. The summed E-state index contributed by atoms with van der Waals surface area (Å²) in [5.74, 6) is 1.50. The van der Waals surface area contributed by atoms with Crippen LogP contribution >= 0.6 is 15.9 Å². The molecular weight excluding hydrogens is 312 g/mol. The van der Waals surface area contributed by atoms with Gasteiger partial charge in [0, 0.05) is 17.1 Å². The number of likely N-dealkylation sites (tertiary alicyclic amines) is 1. The van der Waals surface area contributed by atoms with Crippen LogP contribution in [0.25, 0.3) is 0 Å². The van der Waals surface area contributed by atoms with Crippen LogP contribution < -0.4 is 5.73 Å². The molecule has 2 N–H and O–H groups in total. The van der Waals surface area contributed by atoms with Crippen LogP contribution in [0.1, 0.15) is 43.9 Å². The number of benzene rings is 1. The van der Waals surface area contributed by atoms with Crippen LogP contribution in [-0.2, 0) is 6.42 Å². The molecule has 1 saturated heterocycles. The summed E-state index contributed by atoms with van der Waals surface area (Å²) in [5.41, 5.74) is 9.74. The van der Waals surface area contributed by atoms with E-state index in [2.05, 4.69) is 52.9 Å². The predicted octanol–water partition coefficient (Wildman–Crippen LogP) is 3.70. The van der Waals surface area contributed by atoms with Crippen LogP contribution in [0.15, 0.2) is 22.7 Å². The van der Waals surface area contributed by atoms with E-state index in [4.69, 9.17) is 5.73 Å². The van der Waals surface area contributed by atoms with E-state index in [1.807, 2.05) is 0 Å². The highest BCUT2D eigenvalue weighted by Gasteiger charge is 2.46. The first-order chi connectivity index (χ1) is 9.52. The van der Waals surface area contributed by atoms with Crippen LogP contribution in [0.3, 0.4) is 0 Å². The zero-order valence-electron chi connectivity index (χ0n) is 12.5. The van der Waals surface area contributed by atoms with E-state index in [0.717, 1.165) is 13.0 Å². The molecule has 1 radical (unpaired) electrons. The van der Waals surface area contributed by atoms with Crippen molar-refractivity contribution in [3.05, 3.63) is 39.7 Å². The highest BCUT2D eigenvalue weighted by molar-refractivity contribution is 9.10. The van der Waals surface area contributed by atoms with Gasteiger partial charge < -0.3 is 10.6 Å². The molecule has 1 fully saturated rings. The van der Waals surface area contributed by atoms with Gasteiger partial charge in [-0.15, -0.1) is 0 Å². The quantitative estimate of drug-likeness (QED) is 0.892. The molecule has 1 aromatic rings. The molecule has 0 saturated carbocycles. The van der Waals surface area contributed by atoms with E-state index in [0.29, 0.717) is 5.41 Å². The van der Waals surface area contributed by atoms with Gasteiger partial charge in [-0.2, -0.15) is 0 Å². The van der Waals surface area contributed by atoms with E-state index < -0.39 is 0 Å². The summed E-state index contributed by atoms with van der Waals surface area (Å²) < 4.78 is 1.24. The third-order valence-electron chi connectivity index (χ3n) is 5.07. The Labute approximate surface area is 130 Å². The van der Waals surface area contributed by atoms with Crippen molar-refractivity contribution in [3.8, 4) is 0 Å². The molecule has 0 bridgehead atoms. The second-order valence-corrected chi connectivity index (χ2v) is 7.66. The topological polar surface area (TPSA) is 29.3 Å². The zero-order valence-corrected chi connectivity index (χ0v) is 14.0. The summed E-state index contributed by atoms with van der Waals surface area (Å²) in [6.45, 7) is 7.95. The minimum absolute atomic E-state index is 0.212. The Morgan fingerprint density at radius 3 is 2.65 bits per heavy atom. The number of rotatable bonds is 2. The average molecular weight is 336 g/mol.